The Balaban J connectivity index is 2.20. The number of hydrogen-bond donors (Lipinski definition) is 1. The molecule has 0 amide bonds. The summed E-state index contributed by atoms with van der Waals surface area (Å²) in [6.45, 7) is 1.47. The molecule has 0 heterocycles. The van der Waals surface area contributed by atoms with E-state index in [-0.39, 0.29) is 10.6 Å². The molecule has 0 saturated carbocycles. The van der Waals surface area contributed by atoms with Gasteiger partial charge >= 0.3 is 10.1 Å². The summed E-state index contributed by atoms with van der Waals surface area (Å²) in [5.41, 5.74) is 0.587. The lowest BCUT2D eigenvalue weighted by Crippen LogP contribution is -2.19. The van der Waals surface area contributed by atoms with Gasteiger partial charge in [0.05, 0.1) is 6.61 Å². The SMILES string of the molecule is COCCNCc1cc(Cl)ccc1OS(=O)(=O)c1ccc(F)cc1. The maximum atomic E-state index is 12.9. The van der Waals surface area contributed by atoms with E-state index in [2.05, 4.69) is 5.32 Å². The first kappa shape index (κ1) is 18.7. The van der Waals surface area contributed by atoms with Crippen LogP contribution in [0.1, 0.15) is 5.56 Å². The highest BCUT2D eigenvalue weighted by Gasteiger charge is 2.18. The van der Waals surface area contributed by atoms with Gasteiger partial charge in [0.1, 0.15) is 16.5 Å². The third kappa shape index (κ3) is 5.17. The van der Waals surface area contributed by atoms with E-state index in [0.717, 1.165) is 24.3 Å². The van der Waals surface area contributed by atoms with Gasteiger partial charge < -0.3 is 14.2 Å². The normalized spacial score (nSPS) is 11.5. The van der Waals surface area contributed by atoms with Gasteiger partial charge in [0.2, 0.25) is 0 Å². The van der Waals surface area contributed by atoms with Crippen LogP contribution in [0.25, 0.3) is 0 Å². The Kier molecular flexibility index (Phi) is 6.56. The van der Waals surface area contributed by atoms with Gasteiger partial charge in [0.15, 0.2) is 0 Å². The van der Waals surface area contributed by atoms with Gasteiger partial charge in [-0.3, -0.25) is 0 Å². The summed E-state index contributed by atoms with van der Waals surface area (Å²) in [5.74, 6) is -0.364. The molecule has 0 aliphatic rings. The number of nitrogens with one attached hydrogen (secondary N) is 1. The van der Waals surface area contributed by atoms with Crippen molar-refractivity contribution in [2.24, 2.45) is 0 Å². The first-order valence-corrected chi connectivity index (χ1v) is 8.89. The van der Waals surface area contributed by atoms with Gasteiger partial charge in [0, 0.05) is 30.8 Å². The Hall–Kier alpha value is -1.67. The fourth-order valence-electron chi connectivity index (χ4n) is 1.93. The largest absolute Gasteiger partial charge is 0.383 e. The Labute approximate surface area is 145 Å². The fourth-order valence-corrected chi connectivity index (χ4v) is 3.09. The van der Waals surface area contributed by atoms with E-state index in [1.54, 1.807) is 13.2 Å². The number of halogens is 2. The molecule has 1 N–H and O–H groups in total. The molecule has 0 saturated heterocycles. The number of benzene rings is 2. The average Bonchev–Trinajstić information content (AvgIpc) is 2.54. The van der Waals surface area contributed by atoms with Crippen LogP contribution in [-0.2, 0) is 21.4 Å². The van der Waals surface area contributed by atoms with Crippen molar-refractivity contribution in [1.82, 2.24) is 5.32 Å². The second-order valence-electron chi connectivity index (χ2n) is 4.91. The summed E-state index contributed by atoms with van der Waals surface area (Å²) in [5, 5.41) is 3.56. The topological polar surface area (TPSA) is 64.6 Å². The molecule has 2 aromatic carbocycles. The second kappa shape index (κ2) is 8.43. The van der Waals surface area contributed by atoms with Crippen LogP contribution in [-0.4, -0.2) is 28.7 Å². The molecule has 2 rings (SSSR count). The molecule has 2 aromatic rings. The number of rotatable bonds is 8. The quantitative estimate of drug-likeness (QED) is 0.569. The van der Waals surface area contributed by atoms with Crippen LogP contribution >= 0.6 is 11.6 Å². The van der Waals surface area contributed by atoms with Crippen molar-refractivity contribution in [3.05, 3.63) is 58.9 Å². The van der Waals surface area contributed by atoms with Crippen molar-refractivity contribution in [2.45, 2.75) is 11.4 Å². The lowest BCUT2D eigenvalue weighted by Gasteiger charge is -2.12. The van der Waals surface area contributed by atoms with Crippen molar-refractivity contribution in [3.63, 3.8) is 0 Å². The maximum absolute atomic E-state index is 12.9. The zero-order valence-electron chi connectivity index (χ0n) is 13.0. The summed E-state index contributed by atoms with van der Waals surface area (Å²) in [4.78, 5) is -0.128. The van der Waals surface area contributed by atoms with E-state index in [1.807, 2.05) is 0 Å². The lowest BCUT2D eigenvalue weighted by atomic mass is 10.2. The summed E-state index contributed by atoms with van der Waals surface area (Å²) in [7, 11) is -2.47. The van der Waals surface area contributed by atoms with Crippen LogP contribution in [0.3, 0.4) is 0 Å². The highest BCUT2D eigenvalue weighted by Crippen LogP contribution is 2.26. The predicted molar refractivity (Wildman–Crippen MR) is 89.2 cm³/mol. The van der Waals surface area contributed by atoms with Gasteiger partial charge in [-0.1, -0.05) is 11.6 Å². The number of ether oxygens (including phenoxy) is 1. The Morgan fingerprint density at radius 2 is 1.88 bits per heavy atom. The van der Waals surface area contributed by atoms with Gasteiger partial charge in [-0.15, -0.1) is 0 Å². The van der Waals surface area contributed by atoms with Gasteiger partial charge in [-0.05, 0) is 42.5 Å². The van der Waals surface area contributed by atoms with Crippen LogP contribution in [0, 0.1) is 5.82 Å². The zero-order chi connectivity index (χ0) is 17.6. The lowest BCUT2D eigenvalue weighted by molar-refractivity contribution is 0.199. The number of methoxy groups -OCH3 is 1. The Morgan fingerprint density at radius 1 is 1.17 bits per heavy atom. The minimum absolute atomic E-state index is 0.128. The average molecular weight is 374 g/mol. The maximum Gasteiger partial charge on any atom is 0.339 e. The van der Waals surface area contributed by atoms with Crippen LogP contribution in [0.5, 0.6) is 5.75 Å². The monoisotopic (exact) mass is 373 g/mol. The molecule has 0 aliphatic carbocycles. The van der Waals surface area contributed by atoms with E-state index in [9.17, 15) is 12.8 Å². The third-order valence-corrected chi connectivity index (χ3v) is 4.61. The van der Waals surface area contributed by atoms with E-state index < -0.39 is 15.9 Å². The summed E-state index contributed by atoms with van der Waals surface area (Å²) >= 11 is 5.96. The molecule has 0 fully saturated rings. The molecule has 0 unspecified atom stereocenters. The first-order chi connectivity index (χ1) is 11.4. The molecule has 0 bridgehead atoms. The fraction of sp³-hybridized carbons (Fsp3) is 0.250. The van der Waals surface area contributed by atoms with Crippen LogP contribution in [0.15, 0.2) is 47.4 Å². The van der Waals surface area contributed by atoms with Crippen molar-refractivity contribution < 1.29 is 21.7 Å². The smallest absolute Gasteiger partial charge is 0.339 e. The molecule has 0 atom stereocenters. The number of hydrogen-bond acceptors (Lipinski definition) is 5. The van der Waals surface area contributed by atoms with Crippen molar-refractivity contribution in [3.8, 4) is 5.75 Å². The summed E-state index contributed by atoms with van der Waals surface area (Å²) < 4.78 is 47.7. The molecule has 8 heteroatoms. The van der Waals surface area contributed by atoms with Crippen molar-refractivity contribution in [1.29, 1.82) is 0 Å². The van der Waals surface area contributed by atoms with Crippen LogP contribution in [0.2, 0.25) is 5.02 Å². The second-order valence-corrected chi connectivity index (χ2v) is 6.90. The molecular weight excluding hydrogens is 357 g/mol. The van der Waals surface area contributed by atoms with Crippen molar-refractivity contribution in [2.75, 3.05) is 20.3 Å². The standard InChI is InChI=1S/C16H17ClFNO4S/c1-22-9-8-19-11-12-10-13(17)2-7-16(12)23-24(20,21)15-5-3-14(18)4-6-15/h2-7,10,19H,8-9,11H2,1H3. The van der Waals surface area contributed by atoms with E-state index >= 15 is 0 Å². The van der Waals surface area contributed by atoms with E-state index in [1.165, 1.54) is 12.1 Å². The van der Waals surface area contributed by atoms with E-state index in [0.29, 0.717) is 30.3 Å². The summed E-state index contributed by atoms with van der Waals surface area (Å²) in [6, 6.07) is 9.06. The van der Waals surface area contributed by atoms with Crippen LogP contribution in [0.4, 0.5) is 4.39 Å². The van der Waals surface area contributed by atoms with Gasteiger partial charge in [0.25, 0.3) is 0 Å². The Bertz CT molecular complexity index is 781. The summed E-state index contributed by atoms with van der Waals surface area (Å²) in [6.07, 6.45) is 0. The first-order valence-electron chi connectivity index (χ1n) is 7.10. The third-order valence-electron chi connectivity index (χ3n) is 3.12. The highest BCUT2D eigenvalue weighted by atomic mass is 35.5. The van der Waals surface area contributed by atoms with Crippen LogP contribution < -0.4 is 9.50 Å². The molecule has 0 radical (unpaired) electrons. The molecule has 130 valence electrons. The Morgan fingerprint density at radius 3 is 2.54 bits per heavy atom. The van der Waals surface area contributed by atoms with Gasteiger partial charge in [-0.2, -0.15) is 8.42 Å². The van der Waals surface area contributed by atoms with Crippen molar-refractivity contribution >= 4 is 21.7 Å². The molecule has 5 nitrogen and oxygen atoms in total. The van der Waals surface area contributed by atoms with Gasteiger partial charge in [-0.25, -0.2) is 4.39 Å². The minimum atomic E-state index is -4.06. The highest BCUT2D eigenvalue weighted by molar-refractivity contribution is 7.87. The molecule has 24 heavy (non-hydrogen) atoms. The zero-order valence-corrected chi connectivity index (χ0v) is 14.5. The molecule has 0 aliphatic heterocycles. The minimum Gasteiger partial charge on any atom is -0.383 e. The van der Waals surface area contributed by atoms with E-state index in [4.69, 9.17) is 20.5 Å². The molecule has 0 aromatic heterocycles. The molecule has 0 spiro atoms. The molecular formula is C16H17ClFNO4S. The predicted octanol–water partition coefficient (Wildman–Crippen LogP) is 2.98.